The molecule has 0 saturated carbocycles. The average Bonchev–Trinajstić information content (AvgIpc) is 2.94. The zero-order valence-corrected chi connectivity index (χ0v) is 13.4. The summed E-state index contributed by atoms with van der Waals surface area (Å²) in [6.07, 6.45) is 5.62. The summed E-state index contributed by atoms with van der Waals surface area (Å²) < 4.78 is 5.50. The molecule has 0 aromatic carbocycles. The number of nitrogens with zero attached hydrogens (tertiary/aromatic N) is 2. The second-order valence-electron chi connectivity index (χ2n) is 6.90. The number of hydrogen-bond acceptors (Lipinski definition) is 3. The van der Waals surface area contributed by atoms with E-state index in [1.54, 1.807) is 0 Å². The topological polar surface area (TPSA) is 58.2 Å². The molecule has 2 aromatic heterocycles. The number of hydrogen-bond donors (Lipinski definition) is 1. The minimum Gasteiger partial charge on any atom is -0.444 e. The van der Waals surface area contributed by atoms with Crippen molar-refractivity contribution >= 4 is 17.1 Å². The van der Waals surface area contributed by atoms with Gasteiger partial charge in [0.25, 0.3) is 0 Å². The lowest BCUT2D eigenvalue weighted by Crippen LogP contribution is -2.42. The van der Waals surface area contributed by atoms with Crippen molar-refractivity contribution in [1.29, 1.82) is 0 Å². The molecule has 2 aromatic rings. The van der Waals surface area contributed by atoms with E-state index < -0.39 is 5.60 Å². The van der Waals surface area contributed by atoms with Crippen molar-refractivity contribution in [2.24, 2.45) is 0 Å². The van der Waals surface area contributed by atoms with Crippen LogP contribution >= 0.6 is 0 Å². The van der Waals surface area contributed by atoms with E-state index in [0.29, 0.717) is 12.5 Å². The summed E-state index contributed by atoms with van der Waals surface area (Å²) in [6.45, 7) is 7.17. The van der Waals surface area contributed by atoms with Gasteiger partial charge in [0, 0.05) is 31.4 Å². The standard InChI is InChI=1S/C17H23N3O2/c1-17(2,3)22-16(21)20-10-4-5-12(11-20)13-6-8-18-14-7-9-19-15(13)14/h6-9,12,19H,4-5,10-11H2,1-3H3. The number of carbonyl (C=O) groups excluding carboxylic acids is 1. The summed E-state index contributed by atoms with van der Waals surface area (Å²) in [4.78, 5) is 21.7. The summed E-state index contributed by atoms with van der Waals surface area (Å²) in [6, 6.07) is 4.04. The van der Waals surface area contributed by atoms with Gasteiger partial charge in [0.15, 0.2) is 0 Å². The monoisotopic (exact) mass is 301 g/mol. The van der Waals surface area contributed by atoms with Crippen molar-refractivity contribution in [3.05, 3.63) is 30.1 Å². The van der Waals surface area contributed by atoms with Crippen LogP contribution in [0.2, 0.25) is 0 Å². The van der Waals surface area contributed by atoms with Crippen LogP contribution in [0, 0.1) is 0 Å². The average molecular weight is 301 g/mol. The highest BCUT2D eigenvalue weighted by molar-refractivity contribution is 5.79. The minimum absolute atomic E-state index is 0.214. The van der Waals surface area contributed by atoms with Gasteiger partial charge in [0.2, 0.25) is 0 Å². The molecule has 1 aliphatic rings. The molecule has 1 unspecified atom stereocenters. The second kappa shape index (κ2) is 5.63. The highest BCUT2D eigenvalue weighted by Crippen LogP contribution is 2.31. The van der Waals surface area contributed by atoms with Gasteiger partial charge in [-0.1, -0.05) is 0 Å². The van der Waals surface area contributed by atoms with Gasteiger partial charge in [-0.15, -0.1) is 0 Å². The first kappa shape index (κ1) is 14.9. The number of aromatic nitrogens is 2. The van der Waals surface area contributed by atoms with E-state index in [2.05, 4.69) is 16.0 Å². The first-order valence-corrected chi connectivity index (χ1v) is 7.84. The van der Waals surface area contributed by atoms with Crippen LogP contribution in [0.15, 0.2) is 24.5 Å². The van der Waals surface area contributed by atoms with Gasteiger partial charge < -0.3 is 14.6 Å². The molecule has 1 N–H and O–H groups in total. The smallest absolute Gasteiger partial charge is 0.410 e. The molecule has 0 bridgehead atoms. The fourth-order valence-corrected chi connectivity index (χ4v) is 3.04. The molecule has 3 heterocycles. The Hall–Kier alpha value is -2.04. The van der Waals surface area contributed by atoms with Crippen molar-refractivity contribution in [3.63, 3.8) is 0 Å². The van der Waals surface area contributed by atoms with Crippen molar-refractivity contribution in [3.8, 4) is 0 Å². The first-order valence-electron chi connectivity index (χ1n) is 7.84. The van der Waals surface area contributed by atoms with E-state index in [0.717, 1.165) is 30.4 Å². The maximum atomic E-state index is 12.3. The van der Waals surface area contributed by atoms with Gasteiger partial charge in [-0.2, -0.15) is 0 Å². The lowest BCUT2D eigenvalue weighted by Gasteiger charge is -2.34. The summed E-state index contributed by atoms with van der Waals surface area (Å²) in [5, 5.41) is 0. The zero-order valence-electron chi connectivity index (χ0n) is 13.4. The molecule has 1 fully saturated rings. The minimum atomic E-state index is -0.451. The normalized spacial score (nSPS) is 19.4. The van der Waals surface area contributed by atoms with Crippen LogP contribution in [0.3, 0.4) is 0 Å². The number of fused-ring (bicyclic) bond motifs is 1. The Morgan fingerprint density at radius 1 is 1.41 bits per heavy atom. The Labute approximate surface area is 130 Å². The van der Waals surface area contributed by atoms with Gasteiger partial charge in [-0.25, -0.2) is 4.79 Å². The second-order valence-corrected chi connectivity index (χ2v) is 6.90. The molecule has 1 aliphatic heterocycles. The third-order valence-electron chi connectivity index (χ3n) is 3.99. The number of H-pyrrole nitrogens is 1. The molecule has 1 saturated heterocycles. The number of pyridine rings is 1. The van der Waals surface area contributed by atoms with E-state index in [4.69, 9.17) is 4.74 Å². The zero-order chi connectivity index (χ0) is 15.7. The molecule has 22 heavy (non-hydrogen) atoms. The number of likely N-dealkylation sites (tertiary alicyclic amines) is 1. The molecule has 5 heteroatoms. The van der Waals surface area contributed by atoms with E-state index in [1.807, 2.05) is 44.1 Å². The molecule has 0 aliphatic carbocycles. The highest BCUT2D eigenvalue weighted by atomic mass is 16.6. The predicted octanol–water partition coefficient (Wildman–Crippen LogP) is 3.68. The molecule has 0 radical (unpaired) electrons. The molecular formula is C17H23N3O2. The van der Waals surface area contributed by atoms with Crippen molar-refractivity contribution < 1.29 is 9.53 Å². The van der Waals surface area contributed by atoms with Crippen LogP contribution in [-0.2, 0) is 4.74 Å². The molecule has 118 valence electrons. The predicted molar refractivity (Wildman–Crippen MR) is 85.9 cm³/mol. The van der Waals surface area contributed by atoms with Gasteiger partial charge in [0.1, 0.15) is 5.60 Å². The summed E-state index contributed by atoms with van der Waals surface area (Å²) in [7, 11) is 0. The number of aromatic amines is 1. The Kier molecular flexibility index (Phi) is 3.81. The quantitative estimate of drug-likeness (QED) is 0.874. The first-order chi connectivity index (χ1) is 10.4. The number of ether oxygens (including phenoxy) is 1. The molecule has 0 spiro atoms. The van der Waals surface area contributed by atoms with Crippen LogP contribution in [0.5, 0.6) is 0 Å². The van der Waals surface area contributed by atoms with Gasteiger partial charge in [-0.3, -0.25) is 4.98 Å². The number of nitrogens with one attached hydrogen (secondary N) is 1. The molecule has 5 nitrogen and oxygen atoms in total. The van der Waals surface area contributed by atoms with E-state index in [-0.39, 0.29) is 6.09 Å². The molecular weight excluding hydrogens is 278 g/mol. The van der Waals surface area contributed by atoms with Crippen LogP contribution in [0.25, 0.3) is 11.0 Å². The molecule has 1 atom stereocenters. The SMILES string of the molecule is CC(C)(C)OC(=O)N1CCCC(c2ccnc3cc[nH]c23)C1. The maximum absolute atomic E-state index is 12.3. The van der Waals surface area contributed by atoms with Crippen LogP contribution in [0.4, 0.5) is 4.79 Å². The number of amides is 1. The Balaban J connectivity index is 1.78. The Morgan fingerprint density at radius 3 is 3.00 bits per heavy atom. The maximum Gasteiger partial charge on any atom is 0.410 e. The Bertz CT molecular complexity index is 672. The van der Waals surface area contributed by atoms with Crippen LogP contribution < -0.4 is 0 Å². The number of piperidine rings is 1. The lowest BCUT2D eigenvalue weighted by atomic mass is 9.90. The summed E-state index contributed by atoms with van der Waals surface area (Å²) in [5.74, 6) is 0.324. The van der Waals surface area contributed by atoms with Gasteiger partial charge in [-0.05, 0) is 51.3 Å². The fourth-order valence-electron chi connectivity index (χ4n) is 3.04. The third-order valence-corrected chi connectivity index (χ3v) is 3.99. The summed E-state index contributed by atoms with van der Waals surface area (Å²) in [5.41, 5.74) is 2.85. The van der Waals surface area contributed by atoms with Crippen molar-refractivity contribution in [2.45, 2.75) is 45.1 Å². The van der Waals surface area contributed by atoms with Crippen LogP contribution in [0.1, 0.15) is 45.1 Å². The largest absolute Gasteiger partial charge is 0.444 e. The van der Waals surface area contributed by atoms with E-state index >= 15 is 0 Å². The fraction of sp³-hybridized carbons (Fsp3) is 0.529. The summed E-state index contributed by atoms with van der Waals surface area (Å²) >= 11 is 0. The molecule has 3 rings (SSSR count). The van der Waals surface area contributed by atoms with Crippen LogP contribution in [-0.4, -0.2) is 39.7 Å². The van der Waals surface area contributed by atoms with Gasteiger partial charge >= 0.3 is 6.09 Å². The highest BCUT2D eigenvalue weighted by Gasteiger charge is 2.29. The van der Waals surface area contributed by atoms with Crippen molar-refractivity contribution in [2.75, 3.05) is 13.1 Å². The Morgan fingerprint density at radius 2 is 2.23 bits per heavy atom. The van der Waals surface area contributed by atoms with E-state index in [9.17, 15) is 4.79 Å². The van der Waals surface area contributed by atoms with E-state index in [1.165, 1.54) is 5.56 Å². The number of rotatable bonds is 1. The lowest BCUT2D eigenvalue weighted by molar-refractivity contribution is 0.0198. The number of carbonyl (C=O) groups is 1. The van der Waals surface area contributed by atoms with Gasteiger partial charge in [0.05, 0.1) is 11.0 Å². The molecule has 1 amide bonds. The van der Waals surface area contributed by atoms with Crippen molar-refractivity contribution in [1.82, 2.24) is 14.9 Å². The third kappa shape index (κ3) is 3.08.